The first-order valence-corrected chi connectivity index (χ1v) is 5.95. The zero-order chi connectivity index (χ0) is 12.7. The first-order chi connectivity index (χ1) is 7.38. The van der Waals surface area contributed by atoms with Crippen molar-refractivity contribution in [3.63, 3.8) is 0 Å². The summed E-state index contributed by atoms with van der Waals surface area (Å²) in [6.07, 6.45) is 0.968. The van der Waals surface area contributed by atoms with Gasteiger partial charge in [0.1, 0.15) is 5.88 Å². The van der Waals surface area contributed by atoms with Gasteiger partial charge in [-0.2, -0.15) is 0 Å². The summed E-state index contributed by atoms with van der Waals surface area (Å²) in [6, 6.07) is 0. The van der Waals surface area contributed by atoms with Gasteiger partial charge < -0.3 is 9.80 Å². The fraction of sp³-hybridized carbons (Fsp3) is 0.818. The van der Waals surface area contributed by atoms with Crippen LogP contribution in [0.4, 0.5) is 0 Å². The number of likely N-dealkylation sites (N-methyl/N-ethyl adjacent to an activating group) is 2. The molecule has 0 N–H and O–H groups in total. The Morgan fingerprint density at radius 2 is 1.69 bits per heavy atom. The molecule has 0 aliphatic carbocycles. The van der Waals surface area contributed by atoms with Gasteiger partial charge in [-0.25, -0.2) is 0 Å². The topological polar surface area (TPSA) is 40.6 Å². The van der Waals surface area contributed by atoms with E-state index >= 15 is 0 Å². The molecule has 0 radical (unpaired) electrons. The van der Waals surface area contributed by atoms with Gasteiger partial charge in [-0.05, 0) is 12.3 Å². The average molecular weight is 249 g/mol. The van der Waals surface area contributed by atoms with E-state index in [9.17, 15) is 9.59 Å². The van der Waals surface area contributed by atoms with Gasteiger partial charge in [-0.15, -0.1) is 11.6 Å². The maximum Gasteiger partial charge on any atom is 0.241 e. The Hall–Kier alpha value is -0.770. The van der Waals surface area contributed by atoms with Crippen LogP contribution >= 0.6 is 11.6 Å². The standard InChI is InChI=1S/C11H21ClN2O2/c1-9(2)5-6-13(3)11(16)8-14(4)10(15)7-12/h9H,5-8H2,1-4H3. The van der Waals surface area contributed by atoms with E-state index in [1.807, 2.05) is 0 Å². The Bertz CT molecular complexity index is 244. The van der Waals surface area contributed by atoms with Gasteiger partial charge in [-0.3, -0.25) is 9.59 Å². The molecule has 0 rings (SSSR count). The first-order valence-electron chi connectivity index (χ1n) is 5.42. The summed E-state index contributed by atoms with van der Waals surface area (Å²) < 4.78 is 0. The highest BCUT2D eigenvalue weighted by Gasteiger charge is 2.15. The second-order valence-electron chi connectivity index (χ2n) is 4.38. The van der Waals surface area contributed by atoms with Crippen LogP contribution in [0.2, 0.25) is 0 Å². The third kappa shape index (κ3) is 5.95. The Morgan fingerprint density at radius 3 is 2.12 bits per heavy atom. The maximum absolute atomic E-state index is 11.7. The Morgan fingerprint density at radius 1 is 1.12 bits per heavy atom. The van der Waals surface area contributed by atoms with Crippen molar-refractivity contribution in [3.8, 4) is 0 Å². The smallest absolute Gasteiger partial charge is 0.241 e. The number of halogens is 1. The summed E-state index contributed by atoms with van der Waals surface area (Å²) in [4.78, 5) is 25.8. The van der Waals surface area contributed by atoms with Crippen LogP contribution in [-0.4, -0.2) is 54.7 Å². The van der Waals surface area contributed by atoms with Crippen molar-refractivity contribution in [1.82, 2.24) is 9.80 Å². The first kappa shape index (κ1) is 15.2. The summed E-state index contributed by atoms with van der Waals surface area (Å²) in [5, 5.41) is 0. The van der Waals surface area contributed by atoms with Crippen molar-refractivity contribution in [2.45, 2.75) is 20.3 Å². The second kappa shape index (κ2) is 7.49. The van der Waals surface area contributed by atoms with Crippen molar-refractivity contribution in [1.29, 1.82) is 0 Å². The van der Waals surface area contributed by atoms with Gasteiger partial charge in [0.2, 0.25) is 11.8 Å². The van der Waals surface area contributed by atoms with Crippen molar-refractivity contribution in [2.75, 3.05) is 33.1 Å². The van der Waals surface area contributed by atoms with Gasteiger partial charge in [-0.1, -0.05) is 13.8 Å². The largest absolute Gasteiger partial charge is 0.344 e. The summed E-state index contributed by atoms with van der Waals surface area (Å²) in [5.41, 5.74) is 0. The Balaban J connectivity index is 4.00. The lowest BCUT2D eigenvalue weighted by molar-refractivity contribution is -0.137. The van der Waals surface area contributed by atoms with Gasteiger partial charge in [0, 0.05) is 20.6 Å². The van der Waals surface area contributed by atoms with E-state index in [0.717, 1.165) is 13.0 Å². The van der Waals surface area contributed by atoms with Crippen LogP contribution in [0.15, 0.2) is 0 Å². The molecule has 94 valence electrons. The van der Waals surface area contributed by atoms with E-state index in [1.54, 1.807) is 19.0 Å². The quantitative estimate of drug-likeness (QED) is 0.663. The molecule has 0 fully saturated rings. The van der Waals surface area contributed by atoms with Crippen LogP contribution in [-0.2, 0) is 9.59 Å². The molecule has 0 unspecified atom stereocenters. The average Bonchev–Trinajstić information content (AvgIpc) is 2.24. The minimum absolute atomic E-state index is 0.0541. The molecule has 0 aromatic carbocycles. The Labute approximate surface area is 103 Å². The highest BCUT2D eigenvalue weighted by Crippen LogP contribution is 2.01. The van der Waals surface area contributed by atoms with Gasteiger partial charge in [0.15, 0.2) is 0 Å². The number of hydrogen-bond donors (Lipinski definition) is 0. The van der Waals surface area contributed by atoms with Crippen molar-refractivity contribution in [2.24, 2.45) is 5.92 Å². The molecular formula is C11H21ClN2O2. The molecule has 0 heterocycles. The second-order valence-corrected chi connectivity index (χ2v) is 4.65. The lowest BCUT2D eigenvalue weighted by atomic mass is 10.1. The summed E-state index contributed by atoms with van der Waals surface area (Å²) >= 11 is 5.40. The fourth-order valence-corrected chi connectivity index (χ4v) is 1.29. The molecule has 4 nitrogen and oxygen atoms in total. The summed E-state index contributed by atoms with van der Waals surface area (Å²) in [6.45, 7) is 5.04. The molecule has 5 heteroatoms. The SMILES string of the molecule is CC(C)CCN(C)C(=O)CN(C)C(=O)CCl. The lowest BCUT2D eigenvalue weighted by Crippen LogP contribution is -2.40. The summed E-state index contributed by atoms with van der Waals surface area (Å²) in [7, 11) is 3.34. The van der Waals surface area contributed by atoms with Crippen molar-refractivity contribution in [3.05, 3.63) is 0 Å². The van der Waals surface area contributed by atoms with Gasteiger partial charge >= 0.3 is 0 Å². The van der Waals surface area contributed by atoms with E-state index in [4.69, 9.17) is 11.6 Å². The molecule has 0 atom stereocenters. The molecule has 0 spiro atoms. The normalized spacial score (nSPS) is 10.4. The fourth-order valence-electron chi connectivity index (χ4n) is 1.09. The van der Waals surface area contributed by atoms with Crippen molar-refractivity contribution >= 4 is 23.4 Å². The number of nitrogens with zero attached hydrogens (tertiary/aromatic N) is 2. The molecule has 2 amide bonds. The monoisotopic (exact) mass is 248 g/mol. The predicted molar refractivity (Wildman–Crippen MR) is 65.4 cm³/mol. The van der Waals surface area contributed by atoms with Crippen LogP contribution < -0.4 is 0 Å². The number of alkyl halides is 1. The van der Waals surface area contributed by atoms with Crippen LogP contribution in [0.3, 0.4) is 0 Å². The van der Waals surface area contributed by atoms with Gasteiger partial charge in [0.05, 0.1) is 6.54 Å². The van der Waals surface area contributed by atoms with E-state index in [0.29, 0.717) is 5.92 Å². The highest BCUT2D eigenvalue weighted by molar-refractivity contribution is 6.27. The molecule has 0 saturated carbocycles. The molecule has 0 saturated heterocycles. The maximum atomic E-state index is 11.7. The summed E-state index contributed by atoms with van der Waals surface area (Å²) in [5.74, 6) is 0.200. The molecule has 0 bridgehead atoms. The number of hydrogen-bond acceptors (Lipinski definition) is 2. The zero-order valence-electron chi connectivity index (χ0n) is 10.5. The predicted octanol–water partition coefficient (Wildman–Crippen LogP) is 1.19. The van der Waals surface area contributed by atoms with E-state index < -0.39 is 0 Å². The Kier molecular flexibility index (Phi) is 7.13. The minimum atomic E-state index is -0.229. The third-order valence-electron chi connectivity index (χ3n) is 2.38. The third-order valence-corrected chi connectivity index (χ3v) is 2.61. The van der Waals surface area contributed by atoms with Crippen LogP contribution in [0.5, 0.6) is 0 Å². The van der Waals surface area contributed by atoms with Crippen LogP contribution in [0.25, 0.3) is 0 Å². The molecule has 0 aromatic rings. The number of carbonyl (C=O) groups is 2. The molecule has 0 aliphatic heterocycles. The van der Waals surface area contributed by atoms with E-state index in [2.05, 4.69) is 13.8 Å². The van der Waals surface area contributed by atoms with Crippen LogP contribution in [0.1, 0.15) is 20.3 Å². The number of carbonyl (C=O) groups excluding carboxylic acids is 2. The number of rotatable bonds is 6. The van der Waals surface area contributed by atoms with Gasteiger partial charge in [0.25, 0.3) is 0 Å². The minimum Gasteiger partial charge on any atom is -0.344 e. The van der Waals surface area contributed by atoms with Crippen molar-refractivity contribution < 1.29 is 9.59 Å². The van der Waals surface area contributed by atoms with E-state index in [-0.39, 0.29) is 24.2 Å². The molecule has 16 heavy (non-hydrogen) atoms. The van der Waals surface area contributed by atoms with Crippen LogP contribution in [0, 0.1) is 5.92 Å². The number of amides is 2. The lowest BCUT2D eigenvalue weighted by Gasteiger charge is -2.22. The zero-order valence-corrected chi connectivity index (χ0v) is 11.3. The molecule has 0 aromatic heterocycles. The molecule has 0 aliphatic rings. The highest BCUT2D eigenvalue weighted by atomic mass is 35.5. The molecular weight excluding hydrogens is 228 g/mol. The van der Waals surface area contributed by atoms with E-state index in [1.165, 1.54) is 4.90 Å².